The summed E-state index contributed by atoms with van der Waals surface area (Å²) in [7, 11) is 1.41. The summed E-state index contributed by atoms with van der Waals surface area (Å²) >= 11 is 0. The molecule has 4 atom stereocenters. The normalized spacial score (nSPS) is 23.3. The van der Waals surface area contributed by atoms with Crippen LogP contribution in [0, 0.1) is 0 Å². The van der Waals surface area contributed by atoms with E-state index in [2.05, 4.69) is 10.3 Å². The third kappa shape index (κ3) is 4.45. The van der Waals surface area contributed by atoms with Gasteiger partial charge in [0.25, 0.3) is 5.91 Å². The van der Waals surface area contributed by atoms with Crippen LogP contribution < -0.4 is 11.0 Å². The topological polar surface area (TPSA) is 160 Å². The Morgan fingerprint density at radius 2 is 1.83 bits per heavy atom. The zero-order chi connectivity index (χ0) is 21.8. The van der Waals surface area contributed by atoms with Gasteiger partial charge in [-0.15, -0.1) is 0 Å². The van der Waals surface area contributed by atoms with Gasteiger partial charge in [0.2, 0.25) is 0 Å². The number of carbonyl (C=O) groups excluding carboxylic acids is 2. The van der Waals surface area contributed by atoms with E-state index in [1.165, 1.54) is 43.6 Å². The second kappa shape index (κ2) is 9.24. The van der Waals surface area contributed by atoms with Crippen molar-refractivity contribution < 1.29 is 34.4 Å². The van der Waals surface area contributed by atoms with Gasteiger partial charge in [0.05, 0.1) is 6.61 Å². The van der Waals surface area contributed by atoms with Crippen LogP contribution in [0.1, 0.15) is 26.9 Å². The van der Waals surface area contributed by atoms with Gasteiger partial charge in [0.15, 0.2) is 12.0 Å². The number of aromatic nitrogens is 2. The minimum Gasteiger partial charge on any atom is -0.394 e. The molecular formula is C19H21N3O8. The maximum atomic E-state index is 12.4. The van der Waals surface area contributed by atoms with Crippen LogP contribution in [0.4, 0.5) is 5.82 Å². The zero-order valence-corrected chi connectivity index (χ0v) is 16.0. The number of aliphatic hydroxyl groups is 3. The van der Waals surface area contributed by atoms with Gasteiger partial charge in [-0.2, -0.15) is 4.98 Å². The highest BCUT2D eigenvalue weighted by Crippen LogP contribution is 2.28. The molecule has 1 fully saturated rings. The van der Waals surface area contributed by atoms with E-state index < -0.39 is 42.7 Å². The molecule has 160 valence electrons. The number of nitrogens with zero attached hydrogens (tertiary/aromatic N) is 2. The van der Waals surface area contributed by atoms with Crippen LogP contribution in [-0.4, -0.2) is 75.2 Å². The van der Waals surface area contributed by atoms with Gasteiger partial charge in [-0.25, -0.2) is 4.79 Å². The molecule has 1 aromatic carbocycles. The van der Waals surface area contributed by atoms with Crippen molar-refractivity contribution in [1.82, 2.24) is 9.55 Å². The van der Waals surface area contributed by atoms with Crippen LogP contribution in [0.25, 0.3) is 0 Å². The summed E-state index contributed by atoms with van der Waals surface area (Å²) in [5.74, 6) is -0.801. The van der Waals surface area contributed by atoms with E-state index >= 15 is 0 Å². The van der Waals surface area contributed by atoms with Gasteiger partial charge in [0.1, 0.15) is 30.7 Å². The second-order valence-electron chi connectivity index (χ2n) is 6.62. The second-order valence-corrected chi connectivity index (χ2v) is 6.62. The highest BCUT2D eigenvalue weighted by Gasteiger charge is 2.43. The number of aliphatic hydroxyl groups excluding tert-OH is 3. The maximum absolute atomic E-state index is 12.4. The first-order valence-corrected chi connectivity index (χ1v) is 9.01. The molecule has 0 saturated carbocycles. The average Bonchev–Trinajstić information content (AvgIpc) is 3.02. The summed E-state index contributed by atoms with van der Waals surface area (Å²) in [6, 6.07) is 7.22. The molecule has 2 heterocycles. The first kappa shape index (κ1) is 21.7. The number of methoxy groups -OCH3 is 1. The number of nitrogens with one attached hydrogen (secondary N) is 1. The number of hydrogen-bond acceptors (Lipinski definition) is 9. The van der Waals surface area contributed by atoms with E-state index in [-0.39, 0.29) is 23.8 Å². The molecule has 0 radical (unpaired) electrons. The molecule has 0 spiro atoms. The number of rotatable bonds is 7. The van der Waals surface area contributed by atoms with Crippen molar-refractivity contribution >= 4 is 17.5 Å². The van der Waals surface area contributed by atoms with Crippen LogP contribution in [-0.2, 0) is 9.47 Å². The van der Waals surface area contributed by atoms with Crippen LogP contribution in [0.3, 0.4) is 0 Å². The monoisotopic (exact) mass is 419 g/mol. The predicted molar refractivity (Wildman–Crippen MR) is 102 cm³/mol. The minimum atomic E-state index is -1.43. The van der Waals surface area contributed by atoms with E-state index in [9.17, 15) is 24.6 Å². The Kier molecular flexibility index (Phi) is 6.70. The van der Waals surface area contributed by atoms with Crippen LogP contribution in [0.15, 0.2) is 41.3 Å². The van der Waals surface area contributed by atoms with Gasteiger partial charge in [-0.3, -0.25) is 14.2 Å². The Labute approximate surface area is 170 Å². The molecule has 1 saturated heterocycles. The Balaban J connectivity index is 1.71. The van der Waals surface area contributed by atoms with Crippen molar-refractivity contribution in [2.45, 2.75) is 24.5 Å². The third-order valence-corrected chi connectivity index (χ3v) is 4.61. The fourth-order valence-electron chi connectivity index (χ4n) is 3.00. The fraction of sp³-hybridized carbons (Fsp3) is 0.368. The largest absolute Gasteiger partial charge is 0.394 e. The number of carbonyl (C=O) groups is 2. The summed E-state index contributed by atoms with van der Waals surface area (Å²) < 4.78 is 11.0. The number of amides is 1. The summed E-state index contributed by atoms with van der Waals surface area (Å²) in [4.78, 5) is 40.1. The van der Waals surface area contributed by atoms with E-state index in [1.807, 2.05) is 0 Å². The Hall–Kier alpha value is -2.96. The molecule has 0 bridgehead atoms. The lowest BCUT2D eigenvalue weighted by molar-refractivity contribution is -0.0549. The van der Waals surface area contributed by atoms with Gasteiger partial charge in [-0.05, 0) is 18.2 Å². The van der Waals surface area contributed by atoms with Crippen molar-refractivity contribution in [1.29, 1.82) is 0 Å². The number of benzene rings is 1. The fourth-order valence-corrected chi connectivity index (χ4v) is 3.00. The van der Waals surface area contributed by atoms with Crippen molar-refractivity contribution in [3.05, 3.63) is 58.1 Å². The molecule has 11 heteroatoms. The van der Waals surface area contributed by atoms with E-state index in [4.69, 9.17) is 14.6 Å². The van der Waals surface area contributed by atoms with Gasteiger partial charge >= 0.3 is 5.69 Å². The lowest BCUT2D eigenvalue weighted by atomic mass is 10.1. The van der Waals surface area contributed by atoms with E-state index in [1.54, 1.807) is 0 Å². The van der Waals surface area contributed by atoms with Crippen molar-refractivity contribution in [2.24, 2.45) is 0 Å². The first-order valence-electron chi connectivity index (χ1n) is 9.01. The third-order valence-electron chi connectivity index (χ3n) is 4.61. The molecule has 1 amide bonds. The van der Waals surface area contributed by atoms with Gasteiger partial charge in [0, 0.05) is 24.4 Å². The quantitative estimate of drug-likeness (QED) is 0.410. The Bertz CT molecular complexity index is 974. The highest BCUT2D eigenvalue weighted by atomic mass is 16.6. The standard InChI is InChI=1S/C19H21N3O8/c1-29-9-12(24)10-2-4-11(5-3-10)17(27)20-14-6-7-22(19(28)21-14)18-16(26)15(25)13(8-23)30-18/h2-7,13,15-16,18,23,25-26H,8-9H2,1H3,(H,20,21,27,28)/t13-,15-,16+,18-/m1/s1. The van der Waals surface area contributed by atoms with Gasteiger partial charge < -0.3 is 30.1 Å². The van der Waals surface area contributed by atoms with Crippen molar-refractivity contribution in [3.63, 3.8) is 0 Å². The summed E-state index contributed by atoms with van der Waals surface area (Å²) in [5.41, 5.74) is -0.186. The van der Waals surface area contributed by atoms with Crippen molar-refractivity contribution in [2.75, 3.05) is 25.6 Å². The summed E-state index contributed by atoms with van der Waals surface area (Å²) in [5, 5.41) is 31.4. The first-order chi connectivity index (χ1) is 14.3. The van der Waals surface area contributed by atoms with Crippen molar-refractivity contribution in [3.8, 4) is 0 Å². The molecule has 1 aliphatic heterocycles. The average molecular weight is 419 g/mol. The molecule has 4 N–H and O–H groups in total. The van der Waals surface area contributed by atoms with E-state index in [0.717, 1.165) is 4.57 Å². The molecule has 3 rings (SSSR count). The predicted octanol–water partition coefficient (Wildman–Crippen LogP) is -1.06. The lowest BCUT2D eigenvalue weighted by Gasteiger charge is -2.17. The molecular weight excluding hydrogens is 398 g/mol. The maximum Gasteiger partial charge on any atom is 0.351 e. The Morgan fingerprint density at radius 3 is 2.40 bits per heavy atom. The molecule has 11 nitrogen and oxygen atoms in total. The molecule has 1 aliphatic rings. The number of ether oxygens (including phenoxy) is 2. The number of ketones is 1. The number of anilines is 1. The number of Topliss-reactive ketones (excluding diaryl/α,β-unsaturated/α-hetero) is 1. The molecule has 1 aromatic heterocycles. The highest BCUT2D eigenvalue weighted by molar-refractivity contribution is 6.04. The van der Waals surface area contributed by atoms with Crippen LogP contribution >= 0.6 is 0 Å². The SMILES string of the molecule is COCC(=O)c1ccc(C(=O)Nc2ccn([C@@H]3O[C@H](CO)[C@@H](O)[C@@H]3O)c(=O)n2)cc1. The summed E-state index contributed by atoms with van der Waals surface area (Å²) in [6.45, 7) is -0.595. The zero-order valence-electron chi connectivity index (χ0n) is 16.0. The lowest BCUT2D eigenvalue weighted by Crippen LogP contribution is -2.36. The molecule has 30 heavy (non-hydrogen) atoms. The Morgan fingerprint density at radius 1 is 1.17 bits per heavy atom. The van der Waals surface area contributed by atoms with Crippen LogP contribution in [0.2, 0.25) is 0 Å². The van der Waals surface area contributed by atoms with E-state index in [0.29, 0.717) is 5.56 Å². The molecule has 0 aliphatic carbocycles. The number of hydrogen-bond donors (Lipinski definition) is 4. The molecule has 0 unspecified atom stereocenters. The smallest absolute Gasteiger partial charge is 0.351 e. The van der Waals surface area contributed by atoms with Gasteiger partial charge in [-0.1, -0.05) is 12.1 Å². The summed E-state index contributed by atoms with van der Waals surface area (Å²) in [6.07, 6.45) is -3.79. The minimum absolute atomic E-state index is 0.0347. The molecule has 2 aromatic rings. The van der Waals surface area contributed by atoms with Crippen LogP contribution in [0.5, 0.6) is 0 Å².